The lowest BCUT2D eigenvalue weighted by atomic mass is 10.1. The molecule has 0 radical (unpaired) electrons. The number of alkyl halides is 3. The molecule has 0 N–H and O–H groups in total. The van der Waals surface area contributed by atoms with Crippen LogP contribution >= 0.6 is 31.9 Å². The molecule has 1 heterocycles. The molecule has 0 fully saturated rings. The summed E-state index contributed by atoms with van der Waals surface area (Å²) in [6.07, 6.45) is -0.919. The number of hydrogen-bond donors (Lipinski definition) is 0. The van der Waals surface area contributed by atoms with Gasteiger partial charge in [-0.05, 0) is 21.5 Å². The normalized spacial score (nSPS) is 10.6. The molecule has 1 aromatic heterocycles. The minimum atomic E-state index is -2.63. The number of carbonyl (C=O) groups excluding carboxylic acids is 1. The molecule has 0 saturated carbocycles. The number of carbonyl (C=O) groups is 1. The van der Waals surface area contributed by atoms with Gasteiger partial charge < -0.3 is 0 Å². The summed E-state index contributed by atoms with van der Waals surface area (Å²) in [4.78, 5) is 14.2. The summed E-state index contributed by atoms with van der Waals surface area (Å²) in [5, 5.41) is 0.275. The van der Waals surface area contributed by atoms with E-state index in [0.29, 0.717) is 11.8 Å². The van der Waals surface area contributed by atoms with E-state index in [0.717, 1.165) is 0 Å². The summed E-state index contributed by atoms with van der Waals surface area (Å²) in [7, 11) is 0. The number of nitrogens with zero attached hydrogens (tertiary/aromatic N) is 1. The molecule has 0 spiro atoms. The zero-order chi connectivity index (χ0) is 10.7. The van der Waals surface area contributed by atoms with Crippen molar-refractivity contribution in [3.05, 3.63) is 27.5 Å². The van der Waals surface area contributed by atoms with Crippen molar-refractivity contribution in [3.63, 3.8) is 0 Å². The third kappa shape index (κ3) is 2.17. The minimum Gasteiger partial charge on any atom is -0.296 e. The summed E-state index contributed by atoms with van der Waals surface area (Å²) in [6, 6.07) is 0. The van der Waals surface area contributed by atoms with Gasteiger partial charge in [-0.1, -0.05) is 15.9 Å². The summed E-state index contributed by atoms with van der Waals surface area (Å²) in [5.41, 5.74) is 0.182. The van der Waals surface area contributed by atoms with Gasteiger partial charge in [0.1, 0.15) is 5.69 Å². The van der Waals surface area contributed by atoms with Crippen LogP contribution in [0, 0.1) is 0 Å². The maximum atomic E-state index is 12.6. The number of rotatable bonds is 3. The first-order valence-electron chi connectivity index (χ1n) is 3.58. The molecule has 14 heavy (non-hydrogen) atoms. The van der Waals surface area contributed by atoms with Gasteiger partial charge in [-0.3, -0.25) is 9.78 Å². The van der Waals surface area contributed by atoms with Crippen molar-refractivity contribution in [1.29, 1.82) is 0 Å². The Kier molecular flexibility index (Phi) is 4.12. The van der Waals surface area contributed by atoms with E-state index in [1.54, 1.807) is 0 Å². The van der Waals surface area contributed by atoms with Crippen LogP contribution in [0.25, 0.3) is 0 Å². The Hall–Kier alpha value is -0.360. The largest absolute Gasteiger partial charge is 0.296 e. The van der Waals surface area contributed by atoms with Crippen molar-refractivity contribution in [1.82, 2.24) is 4.98 Å². The number of aromatic nitrogens is 1. The fraction of sp³-hybridized carbons (Fsp3) is 0.250. The maximum Gasteiger partial charge on any atom is 0.265 e. The van der Waals surface area contributed by atoms with Gasteiger partial charge in [0.05, 0.1) is 4.47 Å². The van der Waals surface area contributed by atoms with Crippen LogP contribution in [0.1, 0.15) is 28.0 Å². The maximum absolute atomic E-state index is 12.6. The van der Waals surface area contributed by atoms with Gasteiger partial charge in [0.25, 0.3) is 6.43 Å². The van der Waals surface area contributed by atoms with Gasteiger partial charge in [-0.2, -0.15) is 0 Å². The van der Waals surface area contributed by atoms with E-state index in [1.165, 1.54) is 6.20 Å². The topological polar surface area (TPSA) is 30.0 Å². The Balaban J connectivity index is 3.38. The Labute approximate surface area is 96.0 Å². The SMILES string of the molecule is O=Cc1ncc(CBr)c(C(F)F)c1Br. The molecule has 0 unspecified atom stereocenters. The molecule has 0 bridgehead atoms. The van der Waals surface area contributed by atoms with Crippen LogP contribution < -0.4 is 0 Å². The van der Waals surface area contributed by atoms with Crippen molar-refractivity contribution < 1.29 is 13.6 Å². The predicted molar refractivity (Wildman–Crippen MR) is 54.9 cm³/mol. The van der Waals surface area contributed by atoms with Crippen molar-refractivity contribution in [2.75, 3.05) is 0 Å². The third-order valence-electron chi connectivity index (χ3n) is 1.64. The smallest absolute Gasteiger partial charge is 0.265 e. The number of aldehydes is 1. The van der Waals surface area contributed by atoms with Gasteiger partial charge in [0.15, 0.2) is 6.29 Å². The lowest BCUT2D eigenvalue weighted by Crippen LogP contribution is -2.00. The predicted octanol–water partition coefficient (Wildman–Crippen LogP) is 3.49. The fourth-order valence-corrected chi connectivity index (χ4v) is 2.05. The van der Waals surface area contributed by atoms with Crippen LogP contribution in [-0.2, 0) is 5.33 Å². The van der Waals surface area contributed by atoms with E-state index < -0.39 is 6.43 Å². The highest BCUT2D eigenvalue weighted by molar-refractivity contribution is 9.10. The highest BCUT2D eigenvalue weighted by Crippen LogP contribution is 2.32. The van der Waals surface area contributed by atoms with Gasteiger partial charge >= 0.3 is 0 Å². The van der Waals surface area contributed by atoms with Gasteiger partial charge in [-0.15, -0.1) is 0 Å². The van der Waals surface area contributed by atoms with Crippen molar-refractivity contribution in [2.24, 2.45) is 0 Å². The van der Waals surface area contributed by atoms with E-state index in [2.05, 4.69) is 36.8 Å². The molecule has 76 valence electrons. The van der Waals surface area contributed by atoms with E-state index >= 15 is 0 Å². The zero-order valence-electron chi connectivity index (χ0n) is 6.81. The number of pyridine rings is 1. The quantitative estimate of drug-likeness (QED) is 0.628. The van der Waals surface area contributed by atoms with Crippen molar-refractivity contribution in [2.45, 2.75) is 11.8 Å². The van der Waals surface area contributed by atoms with Crippen molar-refractivity contribution in [3.8, 4) is 0 Å². The molecule has 2 nitrogen and oxygen atoms in total. The molecule has 0 aromatic carbocycles. The second-order valence-electron chi connectivity index (χ2n) is 2.45. The van der Waals surface area contributed by atoms with Crippen LogP contribution in [0.2, 0.25) is 0 Å². The summed E-state index contributed by atoms with van der Waals surface area (Å²) in [6.45, 7) is 0. The van der Waals surface area contributed by atoms with E-state index in [9.17, 15) is 13.6 Å². The molecule has 0 aliphatic rings. The molecule has 0 saturated heterocycles. The first-order chi connectivity index (χ1) is 6.61. The minimum absolute atomic E-state index is 0.00926. The summed E-state index contributed by atoms with van der Waals surface area (Å²) < 4.78 is 25.3. The Bertz CT molecular complexity index is 357. The monoisotopic (exact) mass is 327 g/mol. The molecule has 0 aliphatic heterocycles. The average molecular weight is 329 g/mol. The van der Waals surface area contributed by atoms with Gasteiger partial charge in [0, 0.05) is 17.1 Å². The van der Waals surface area contributed by atoms with Gasteiger partial charge in [0.2, 0.25) is 0 Å². The fourth-order valence-electron chi connectivity index (χ4n) is 0.977. The van der Waals surface area contributed by atoms with E-state index in [-0.39, 0.29) is 21.1 Å². The Morgan fingerprint density at radius 2 is 2.21 bits per heavy atom. The molecule has 0 aliphatic carbocycles. The second kappa shape index (κ2) is 4.93. The molecule has 0 atom stereocenters. The highest BCUT2D eigenvalue weighted by atomic mass is 79.9. The van der Waals surface area contributed by atoms with Crippen LogP contribution in [0.5, 0.6) is 0 Å². The Morgan fingerprint density at radius 3 is 2.64 bits per heavy atom. The molecule has 6 heteroatoms. The standard InChI is InChI=1S/C8H5Br2F2NO/c9-1-4-2-13-5(3-14)7(10)6(4)8(11)12/h2-3,8H,1H2. The molecular weight excluding hydrogens is 324 g/mol. The summed E-state index contributed by atoms with van der Waals surface area (Å²) >= 11 is 6.01. The third-order valence-corrected chi connectivity index (χ3v) is 3.08. The molecule has 1 rings (SSSR count). The lowest BCUT2D eigenvalue weighted by Gasteiger charge is -2.09. The molecular formula is C8H5Br2F2NO. The Morgan fingerprint density at radius 1 is 1.57 bits per heavy atom. The van der Waals surface area contributed by atoms with Crippen molar-refractivity contribution >= 4 is 38.1 Å². The lowest BCUT2D eigenvalue weighted by molar-refractivity contribution is 0.111. The van der Waals surface area contributed by atoms with Gasteiger partial charge in [-0.25, -0.2) is 8.78 Å². The summed E-state index contributed by atoms with van der Waals surface area (Å²) in [5.74, 6) is 0. The first-order valence-corrected chi connectivity index (χ1v) is 5.49. The number of hydrogen-bond acceptors (Lipinski definition) is 2. The highest BCUT2D eigenvalue weighted by Gasteiger charge is 2.19. The number of halogens is 4. The van der Waals surface area contributed by atoms with E-state index in [4.69, 9.17) is 0 Å². The van der Waals surface area contributed by atoms with Crippen LogP contribution in [0.4, 0.5) is 8.78 Å². The second-order valence-corrected chi connectivity index (χ2v) is 3.80. The van der Waals surface area contributed by atoms with E-state index in [1.807, 2.05) is 0 Å². The first kappa shape index (κ1) is 11.7. The average Bonchev–Trinajstić information content (AvgIpc) is 2.16. The van der Waals surface area contributed by atoms with Crippen LogP contribution in [0.3, 0.4) is 0 Å². The molecule has 1 aromatic rings. The molecule has 0 amide bonds. The van der Waals surface area contributed by atoms with Crippen LogP contribution in [-0.4, -0.2) is 11.3 Å². The zero-order valence-corrected chi connectivity index (χ0v) is 9.98. The van der Waals surface area contributed by atoms with Crippen LogP contribution in [0.15, 0.2) is 10.7 Å².